The lowest BCUT2D eigenvalue weighted by atomic mass is 10.1. The van der Waals surface area contributed by atoms with Crippen molar-refractivity contribution < 1.29 is 9.53 Å². The number of anilines is 1. The quantitative estimate of drug-likeness (QED) is 0.692. The zero-order valence-electron chi connectivity index (χ0n) is 16.4. The monoisotopic (exact) mass is 377 g/mol. The standard InChI is InChI=1S/C23H27N3O2/c1-2-3-16-28-21-10-8-19(9-11-21)17-23(27)26-14-12-25(13-15-26)22-7-5-4-6-20(22)18-24/h4-11H,2-3,12-17H2,1H3. The Morgan fingerprint density at radius 2 is 1.79 bits per heavy atom. The minimum atomic E-state index is 0.146. The first-order valence-corrected chi connectivity index (χ1v) is 9.95. The summed E-state index contributed by atoms with van der Waals surface area (Å²) >= 11 is 0. The third kappa shape index (κ3) is 5.04. The smallest absolute Gasteiger partial charge is 0.227 e. The molecule has 0 saturated carbocycles. The lowest BCUT2D eigenvalue weighted by Crippen LogP contribution is -2.49. The molecule has 2 aromatic rings. The van der Waals surface area contributed by atoms with Crippen LogP contribution in [0.1, 0.15) is 30.9 Å². The zero-order chi connectivity index (χ0) is 19.8. The lowest BCUT2D eigenvalue weighted by Gasteiger charge is -2.36. The number of nitriles is 1. The van der Waals surface area contributed by atoms with Gasteiger partial charge in [-0.2, -0.15) is 5.26 Å². The summed E-state index contributed by atoms with van der Waals surface area (Å²) in [6.45, 7) is 5.71. The maximum Gasteiger partial charge on any atom is 0.227 e. The predicted octanol–water partition coefficient (Wildman–Crippen LogP) is 3.63. The lowest BCUT2D eigenvalue weighted by molar-refractivity contribution is -0.130. The van der Waals surface area contributed by atoms with Gasteiger partial charge in [-0.15, -0.1) is 0 Å². The van der Waals surface area contributed by atoms with Crippen LogP contribution in [0.15, 0.2) is 48.5 Å². The number of nitrogens with zero attached hydrogens (tertiary/aromatic N) is 3. The largest absolute Gasteiger partial charge is 0.494 e. The molecule has 0 aliphatic carbocycles. The van der Waals surface area contributed by atoms with E-state index in [-0.39, 0.29) is 5.91 Å². The van der Waals surface area contributed by atoms with Crippen LogP contribution in [0.5, 0.6) is 5.75 Å². The number of benzene rings is 2. The number of piperazine rings is 1. The molecular formula is C23H27N3O2. The third-order valence-electron chi connectivity index (χ3n) is 5.04. The fourth-order valence-electron chi connectivity index (χ4n) is 3.37. The first-order chi connectivity index (χ1) is 13.7. The summed E-state index contributed by atoms with van der Waals surface area (Å²) in [5.41, 5.74) is 2.64. The average Bonchev–Trinajstić information content (AvgIpc) is 2.75. The van der Waals surface area contributed by atoms with Crippen molar-refractivity contribution >= 4 is 11.6 Å². The van der Waals surface area contributed by atoms with E-state index in [0.717, 1.165) is 49.5 Å². The van der Waals surface area contributed by atoms with Gasteiger partial charge >= 0.3 is 0 Å². The molecular weight excluding hydrogens is 350 g/mol. The molecule has 0 atom stereocenters. The van der Waals surface area contributed by atoms with E-state index in [0.29, 0.717) is 25.1 Å². The Morgan fingerprint density at radius 3 is 2.46 bits per heavy atom. The molecule has 0 radical (unpaired) electrons. The number of rotatable bonds is 7. The molecule has 1 amide bonds. The SMILES string of the molecule is CCCCOc1ccc(CC(=O)N2CCN(c3ccccc3C#N)CC2)cc1. The highest BCUT2D eigenvalue weighted by Gasteiger charge is 2.22. The summed E-state index contributed by atoms with van der Waals surface area (Å²) in [7, 11) is 0. The van der Waals surface area contributed by atoms with Crippen molar-refractivity contribution in [3.63, 3.8) is 0 Å². The number of hydrogen-bond acceptors (Lipinski definition) is 4. The molecule has 0 aromatic heterocycles. The van der Waals surface area contributed by atoms with E-state index >= 15 is 0 Å². The van der Waals surface area contributed by atoms with E-state index in [2.05, 4.69) is 17.9 Å². The Balaban J connectivity index is 1.51. The molecule has 5 heteroatoms. The van der Waals surface area contributed by atoms with Gasteiger partial charge < -0.3 is 14.5 Å². The van der Waals surface area contributed by atoms with E-state index in [9.17, 15) is 10.1 Å². The molecule has 3 rings (SSSR count). The van der Waals surface area contributed by atoms with E-state index in [1.54, 1.807) is 0 Å². The third-order valence-corrected chi connectivity index (χ3v) is 5.04. The highest BCUT2D eigenvalue weighted by Crippen LogP contribution is 2.21. The number of unbranched alkanes of at least 4 members (excludes halogenated alkanes) is 1. The molecule has 1 saturated heterocycles. The normalized spacial score (nSPS) is 13.9. The maximum absolute atomic E-state index is 12.7. The molecule has 146 valence electrons. The molecule has 28 heavy (non-hydrogen) atoms. The summed E-state index contributed by atoms with van der Waals surface area (Å²) in [6, 6.07) is 17.7. The molecule has 0 N–H and O–H groups in total. The first-order valence-electron chi connectivity index (χ1n) is 9.95. The van der Waals surface area contributed by atoms with Gasteiger partial charge in [-0.1, -0.05) is 37.6 Å². The molecule has 1 fully saturated rings. The van der Waals surface area contributed by atoms with Crippen molar-refractivity contribution in [3.05, 3.63) is 59.7 Å². The zero-order valence-corrected chi connectivity index (χ0v) is 16.4. The Hall–Kier alpha value is -3.00. The molecule has 0 unspecified atom stereocenters. The van der Waals surface area contributed by atoms with Crippen LogP contribution in [0.25, 0.3) is 0 Å². The Bertz CT molecular complexity index is 818. The van der Waals surface area contributed by atoms with Gasteiger partial charge in [0, 0.05) is 26.2 Å². The second-order valence-electron chi connectivity index (χ2n) is 7.02. The van der Waals surface area contributed by atoms with Gasteiger partial charge in [0.1, 0.15) is 11.8 Å². The molecule has 0 spiro atoms. The van der Waals surface area contributed by atoms with Crippen molar-refractivity contribution in [2.75, 3.05) is 37.7 Å². The van der Waals surface area contributed by atoms with Gasteiger partial charge in [-0.05, 0) is 36.2 Å². The Kier molecular flexibility index (Phi) is 6.91. The Labute approximate surface area is 167 Å². The molecule has 1 heterocycles. The average molecular weight is 377 g/mol. The van der Waals surface area contributed by atoms with Gasteiger partial charge in [0.05, 0.1) is 24.3 Å². The molecule has 1 aliphatic rings. The van der Waals surface area contributed by atoms with Crippen LogP contribution in [0, 0.1) is 11.3 Å². The van der Waals surface area contributed by atoms with E-state index in [1.807, 2.05) is 53.4 Å². The van der Waals surface area contributed by atoms with Crippen LogP contribution in [-0.2, 0) is 11.2 Å². The second-order valence-corrected chi connectivity index (χ2v) is 7.02. The molecule has 1 aliphatic heterocycles. The fraction of sp³-hybridized carbons (Fsp3) is 0.391. The van der Waals surface area contributed by atoms with Crippen LogP contribution in [0.3, 0.4) is 0 Å². The Morgan fingerprint density at radius 1 is 1.07 bits per heavy atom. The topological polar surface area (TPSA) is 56.6 Å². The van der Waals surface area contributed by atoms with Crippen molar-refractivity contribution in [3.8, 4) is 11.8 Å². The number of hydrogen-bond donors (Lipinski definition) is 0. The highest BCUT2D eigenvalue weighted by molar-refractivity contribution is 5.79. The van der Waals surface area contributed by atoms with Crippen molar-refractivity contribution in [2.45, 2.75) is 26.2 Å². The second kappa shape index (κ2) is 9.80. The van der Waals surface area contributed by atoms with Gasteiger partial charge in [-0.3, -0.25) is 4.79 Å². The van der Waals surface area contributed by atoms with Gasteiger partial charge in [0.25, 0.3) is 0 Å². The van der Waals surface area contributed by atoms with Crippen molar-refractivity contribution in [2.24, 2.45) is 0 Å². The number of para-hydroxylation sites is 1. The molecule has 2 aromatic carbocycles. The number of carbonyl (C=O) groups excluding carboxylic acids is 1. The summed E-state index contributed by atoms with van der Waals surface area (Å²) in [5.74, 6) is 1.00. The number of amides is 1. The van der Waals surface area contributed by atoms with Crippen LogP contribution in [-0.4, -0.2) is 43.6 Å². The van der Waals surface area contributed by atoms with E-state index in [4.69, 9.17) is 4.74 Å². The van der Waals surface area contributed by atoms with Gasteiger partial charge in [-0.25, -0.2) is 0 Å². The minimum Gasteiger partial charge on any atom is -0.494 e. The van der Waals surface area contributed by atoms with Gasteiger partial charge in [0.15, 0.2) is 0 Å². The van der Waals surface area contributed by atoms with Crippen molar-refractivity contribution in [1.29, 1.82) is 5.26 Å². The highest BCUT2D eigenvalue weighted by atomic mass is 16.5. The summed E-state index contributed by atoms with van der Waals surface area (Å²) in [5, 5.41) is 9.28. The van der Waals surface area contributed by atoms with E-state index < -0.39 is 0 Å². The summed E-state index contributed by atoms with van der Waals surface area (Å²) in [4.78, 5) is 16.8. The van der Waals surface area contributed by atoms with Crippen LogP contribution in [0.2, 0.25) is 0 Å². The van der Waals surface area contributed by atoms with Gasteiger partial charge in [0.2, 0.25) is 5.91 Å². The summed E-state index contributed by atoms with van der Waals surface area (Å²) < 4.78 is 5.67. The molecule has 5 nitrogen and oxygen atoms in total. The number of carbonyl (C=O) groups is 1. The number of ether oxygens (including phenoxy) is 1. The first kappa shape index (κ1) is 19.8. The minimum absolute atomic E-state index is 0.146. The van der Waals surface area contributed by atoms with E-state index in [1.165, 1.54) is 0 Å². The van der Waals surface area contributed by atoms with Crippen LogP contribution < -0.4 is 9.64 Å². The van der Waals surface area contributed by atoms with Crippen LogP contribution in [0.4, 0.5) is 5.69 Å². The fourth-order valence-corrected chi connectivity index (χ4v) is 3.37. The predicted molar refractivity (Wildman–Crippen MR) is 110 cm³/mol. The van der Waals surface area contributed by atoms with Crippen molar-refractivity contribution in [1.82, 2.24) is 4.90 Å². The summed E-state index contributed by atoms with van der Waals surface area (Å²) in [6.07, 6.45) is 2.57. The van der Waals surface area contributed by atoms with Crippen LogP contribution >= 0.6 is 0 Å². The molecule has 0 bridgehead atoms. The maximum atomic E-state index is 12.7.